The quantitative estimate of drug-likeness (QED) is 0.232. The Balaban J connectivity index is 0.00000288. The Morgan fingerprint density at radius 3 is 2.46 bits per heavy atom. The summed E-state index contributed by atoms with van der Waals surface area (Å²) in [5.74, 6) is 0.954. The number of ether oxygens (including phenoxy) is 1. The fourth-order valence-electron chi connectivity index (χ4n) is 3.68. The summed E-state index contributed by atoms with van der Waals surface area (Å²) in [5, 5.41) is 6.99. The van der Waals surface area contributed by atoms with Crippen LogP contribution >= 0.6 is 24.0 Å². The molecule has 1 aliphatic heterocycles. The molecule has 5 nitrogen and oxygen atoms in total. The molecule has 1 saturated heterocycles. The molecule has 1 heterocycles. The maximum atomic E-state index is 5.26. The van der Waals surface area contributed by atoms with Gasteiger partial charge in [0.25, 0.3) is 0 Å². The van der Waals surface area contributed by atoms with Gasteiger partial charge in [0.15, 0.2) is 5.96 Å². The number of hydrogen-bond acceptors (Lipinski definition) is 3. The third kappa shape index (κ3) is 7.44. The predicted molar refractivity (Wildman–Crippen MR) is 112 cm³/mol. The number of unbranched alkanes of at least 4 members (excludes halogenated alkanes) is 1. The summed E-state index contributed by atoms with van der Waals surface area (Å²) in [4.78, 5) is 6.94. The molecule has 0 unspecified atom stereocenters. The summed E-state index contributed by atoms with van der Waals surface area (Å²) in [5.41, 5.74) is 0.434. The highest BCUT2D eigenvalue weighted by atomic mass is 127. The summed E-state index contributed by atoms with van der Waals surface area (Å²) < 4.78 is 5.26. The molecule has 0 bridgehead atoms. The fraction of sp³-hybridized carbons (Fsp3) is 0.944. The predicted octanol–water partition coefficient (Wildman–Crippen LogP) is 2.85. The van der Waals surface area contributed by atoms with Crippen molar-refractivity contribution in [1.29, 1.82) is 0 Å². The van der Waals surface area contributed by atoms with Crippen LogP contribution < -0.4 is 10.6 Å². The van der Waals surface area contributed by atoms with Gasteiger partial charge in [0.05, 0.1) is 0 Å². The second-order valence-corrected chi connectivity index (χ2v) is 7.20. The highest BCUT2D eigenvalue weighted by molar-refractivity contribution is 14.0. The Hall–Kier alpha value is -0.0800. The number of methoxy groups -OCH3 is 1. The summed E-state index contributed by atoms with van der Waals surface area (Å²) in [6, 6.07) is 0. The van der Waals surface area contributed by atoms with Crippen LogP contribution in [0.2, 0.25) is 0 Å². The van der Waals surface area contributed by atoms with E-state index in [-0.39, 0.29) is 24.0 Å². The molecule has 0 radical (unpaired) electrons. The van der Waals surface area contributed by atoms with Crippen LogP contribution in [0.4, 0.5) is 0 Å². The molecule has 0 aromatic rings. The molecular formula is C18H37IN4O. The lowest BCUT2D eigenvalue weighted by Gasteiger charge is -2.42. The lowest BCUT2D eigenvalue weighted by molar-refractivity contribution is 0.0732. The first-order valence-electron chi connectivity index (χ1n) is 9.44. The summed E-state index contributed by atoms with van der Waals surface area (Å²) >= 11 is 0. The van der Waals surface area contributed by atoms with Crippen molar-refractivity contribution in [2.45, 2.75) is 51.4 Å². The van der Waals surface area contributed by atoms with Gasteiger partial charge in [-0.05, 0) is 70.0 Å². The van der Waals surface area contributed by atoms with Crippen LogP contribution in [-0.2, 0) is 4.74 Å². The molecule has 0 spiro atoms. The van der Waals surface area contributed by atoms with Crippen LogP contribution in [-0.4, -0.2) is 64.3 Å². The molecule has 2 N–H and O–H groups in total. The van der Waals surface area contributed by atoms with Gasteiger partial charge in [-0.1, -0.05) is 6.42 Å². The Morgan fingerprint density at radius 1 is 1.12 bits per heavy atom. The van der Waals surface area contributed by atoms with Crippen molar-refractivity contribution in [3.63, 3.8) is 0 Å². The standard InChI is InChI=1S/C18H36N4O.HI/c1-19-17(20-11-3-4-12-22-13-5-6-14-22)21-16-18(8-7-9-18)10-15-23-2;/h3-16H2,1-2H3,(H2,19,20,21);1H. The first-order valence-corrected chi connectivity index (χ1v) is 9.44. The summed E-state index contributed by atoms with van der Waals surface area (Å²) in [6.45, 7) is 6.76. The smallest absolute Gasteiger partial charge is 0.190 e. The minimum atomic E-state index is 0. The SMILES string of the molecule is CN=C(NCCCCN1CCCC1)NCC1(CCOC)CCC1.I. The zero-order valence-corrected chi connectivity index (χ0v) is 17.9. The van der Waals surface area contributed by atoms with E-state index in [2.05, 4.69) is 20.5 Å². The molecule has 0 aromatic heterocycles. The number of rotatable bonds is 10. The van der Waals surface area contributed by atoms with Crippen molar-refractivity contribution in [2.75, 3.05) is 53.5 Å². The van der Waals surface area contributed by atoms with Crippen LogP contribution in [0.25, 0.3) is 0 Å². The number of likely N-dealkylation sites (tertiary alicyclic amines) is 1. The number of hydrogen-bond donors (Lipinski definition) is 2. The molecule has 0 aromatic carbocycles. The van der Waals surface area contributed by atoms with E-state index in [1.165, 1.54) is 64.6 Å². The minimum absolute atomic E-state index is 0. The normalized spacial score (nSPS) is 20.3. The van der Waals surface area contributed by atoms with Crippen molar-refractivity contribution in [1.82, 2.24) is 15.5 Å². The van der Waals surface area contributed by atoms with E-state index in [9.17, 15) is 0 Å². The lowest BCUT2D eigenvalue weighted by Crippen LogP contribution is -2.47. The van der Waals surface area contributed by atoms with Crippen LogP contribution in [0.1, 0.15) is 51.4 Å². The van der Waals surface area contributed by atoms with Gasteiger partial charge in [0, 0.05) is 33.9 Å². The summed E-state index contributed by atoms with van der Waals surface area (Å²) in [7, 11) is 3.66. The van der Waals surface area contributed by atoms with E-state index < -0.39 is 0 Å². The molecule has 142 valence electrons. The zero-order valence-electron chi connectivity index (χ0n) is 15.6. The molecule has 2 aliphatic rings. The first-order chi connectivity index (χ1) is 11.3. The van der Waals surface area contributed by atoms with E-state index in [1.54, 1.807) is 7.11 Å². The van der Waals surface area contributed by atoms with Crippen molar-refractivity contribution in [2.24, 2.45) is 10.4 Å². The van der Waals surface area contributed by atoms with Gasteiger partial charge in [0.1, 0.15) is 0 Å². The average Bonchev–Trinajstić information content (AvgIpc) is 3.04. The third-order valence-corrected chi connectivity index (χ3v) is 5.50. The van der Waals surface area contributed by atoms with Crippen LogP contribution in [0.5, 0.6) is 0 Å². The van der Waals surface area contributed by atoms with Gasteiger partial charge in [0.2, 0.25) is 0 Å². The third-order valence-electron chi connectivity index (χ3n) is 5.50. The molecule has 6 heteroatoms. The molecule has 1 aliphatic carbocycles. The van der Waals surface area contributed by atoms with Crippen LogP contribution in [0.3, 0.4) is 0 Å². The Kier molecular flexibility index (Phi) is 11.3. The van der Waals surface area contributed by atoms with E-state index in [4.69, 9.17) is 4.74 Å². The van der Waals surface area contributed by atoms with Gasteiger partial charge in [-0.3, -0.25) is 4.99 Å². The lowest BCUT2D eigenvalue weighted by atomic mass is 9.67. The van der Waals surface area contributed by atoms with Gasteiger partial charge < -0.3 is 20.3 Å². The number of guanidine groups is 1. The first kappa shape index (κ1) is 22.0. The largest absolute Gasteiger partial charge is 0.385 e. The Bertz CT molecular complexity index is 355. The van der Waals surface area contributed by atoms with Gasteiger partial charge in [-0.15, -0.1) is 24.0 Å². The van der Waals surface area contributed by atoms with Gasteiger partial charge in [-0.2, -0.15) is 0 Å². The summed E-state index contributed by atoms with van der Waals surface area (Å²) in [6.07, 6.45) is 10.4. The molecule has 0 atom stereocenters. The molecule has 24 heavy (non-hydrogen) atoms. The van der Waals surface area contributed by atoms with Gasteiger partial charge >= 0.3 is 0 Å². The van der Waals surface area contributed by atoms with Gasteiger partial charge in [-0.25, -0.2) is 0 Å². The van der Waals surface area contributed by atoms with Crippen LogP contribution in [0.15, 0.2) is 4.99 Å². The number of halogens is 1. The van der Waals surface area contributed by atoms with E-state index in [1.807, 2.05) is 7.05 Å². The second-order valence-electron chi connectivity index (χ2n) is 7.20. The maximum Gasteiger partial charge on any atom is 0.190 e. The zero-order chi connectivity index (χ0) is 16.4. The minimum Gasteiger partial charge on any atom is -0.385 e. The van der Waals surface area contributed by atoms with E-state index in [0.717, 1.165) is 32.1 Å². The maximum absolute atomic E-state index is 5.26. The Morgan fingerprint density at radius 2 is 1.88 bits per heavy atom. The molecule has 2 fully saturated rings. The fourth-order valence-corrected chi connectivity index (χ4v) is 3.68. The van der Waals surface area contributed by atoms with Crippen molar-refractivity contribution in [3.05, 3.63) is 0 Å². The van der Waals surface area contributed by atoms with Crippen molar-refractivity contribution in [3.8, 4) is 0 Å². The molecule has 1 saturated carbocycles. The Labute approximate surface area is 165 Å². The highest BCUT2D eigenvalue weighted by Gasteiger charge is 2.36. The van der Waals surface area contributed by atoms with E-state index in [0.29, 0.717) is 5.41 Å². The van der Waals surface area contributed by atoms with Crippen molar-refractivity contribution < 1.29 is 4.74 Å². The number of aliphatic imine (C=N–C) groups is 1. The molecule has 2 rings (SSSR count). The van der Waals surface area contributed by atoms with Crippen LogP contribution in [0, 0.1) is 5.41 Å². The highest BCUT2D eigenvalue weighted by Crippen LogP contribution is 2.43. The monoisotopic (exact) mass is 452 g/mol. The molecular weight excluding hydrogens is 415 g/mol. The van der Waals surface area contributed by atoms with E-state index >= 15 is 0 Å². The average molecular weight is 452 g/mol. The number of nitrogens with one attached hydrogen (secondary N) is 2. The number of nitrogens with zero attached hydrogens (tertiary/aromatic N) is 2. The topological polar surface area (TPSA) is 48.9 Å². The molecule has 0 amide bonds. The van der Waals surface area contributed by atoms with Crippen molar-refractivity contribution >= 4 is 29.9 Å². The second kappa shape index (κ2) is 12.3.